The van der Waals surface area contributed by atoms with Gasteiger partial charge in [-0.05, 0) is 119 Å². The predicted octanol–water partition coefficient (Wildman–Crippen LogP) is 0.0360. The second-order valence-corrected chi connectivity index (χ2v) is 35.4. The highest BCUT2D eigenvalue weighted by Crippen LogP contribution is 2.22. The maximum absolute atomic E-state index is 13.2. The van der Waals surface area contributed by atoms with Crippen molar-refractivity contribution in [1.82, 2.24) is 53.2 Å². The molecule has 0 fully saturated rings. The van der Waals surface area contributed by atoms with Gasteiger partial charge in [-0.25, -0.2) is 14.4 Å². The number of aliphatic hydroxyl groups excluding tert-OH is 8. The molecule has 2 rings (SSSR count). The monoisotopic (exact) mass is 2060 g/mol. The second kappa shape index (κ2) is 75.4. The summed E-state index contributed by atoms with van der Waals surface area (Å²) in [6.07, 6.45) is 7.53. The van der Waals surface area contributed by atoms with E-state index >= 15 is 0 Å². The maximum Gasteiger partial charge on any atom is 0.335 e. The van der Waals surface area contributed by atoms with Crippen LogP contribution >= 0.6 is 0 Å². The lowest BCUT2D eigenvalue weighted by Crippen LogP contribution is -2.54. The highest BCUT2D eigenvalue weighted by molar-refractivity contribution is 5.99. The fraction of sp³-hybridized carbons (Fsp3) is 0.653. The standard InChI is InChI=1S/C98H148N10O37/c1-2-61(22-18-19-43-99-89(129)52-102-91(131)67(55-111)49-83(123)78(59-115)105-88(128)42-39-81(121)76(57-113)108-93(133)79(60-116)106-87(127)41-37-74(98(142)143)103-85(125)26-17-10-6-4-8-12-21-45-145-72-35-29-63(30-36-72)95(136)137)84(124)51-100-73(97(140)141)25-16-13-15-23-68(117)32-38-80(120)75(56-112)107-92(132)65(53-109)47-70(119)50-101-90(130)66(54-110)48-82(122)77(58-114)104-86(126)40-31-64(96(138)139)46-69(118)24-14-9-5-3-7-11-20-44-144-71-33-27-62(28-34-71)94(134)135/h27-30,33-36,61,64-67,73-79,100,109-116H,2-26,31-32,37-60H2,1H3,(H,99,129)(H,101,130)(H,102,131)(H,103,125)(H,104,126)(H,105,128)(H,106,127)(H,107,132)(H,108,133)(H,134,135)(H,136,137)(H,138,139)(H,140,141)(H,142,143)/t61-,64+,65-,66-,67-,73-,74-,75-,76-,77-,78-,79-/m0/s1. The molecule has 0 spiro atoms. The van der Waals surface area contributed by atoms with Crippen molar-refractivity contribution in [2.45, 2.75) is 287 Å². The van der Waals surface area contributed by atoms with E-state index in [0.29, 0.717) is 82.5 Å². The lowest BCUT2D eigenvalue weighted by atomic mass is 9.94. The number of carbonyl (C=O) groups is 22. The minimum absolute atomic E-state index is 0.0190. The number of benzene rings is 2. The maximum atomic E-state index is 13.2. The van der Waals surface area contributed by atoms with Crippen molar-refractivity contribution in [1.29, 1.82) is 0 Å². The van der Waals surface area contributed by atoms with Crippen LogP contribution in [0.25, 0.3) is 0 Å². The molecule has 47 heteroatoms. The van der Waals surface area contributed by atoms with E-state index in [1.165, 1.54) is 24.3 Å². The number of unbranched alkanes of at least 4 members (excludes halogenated alkanes) is 15. The SMILES string of the molecule is CC[C@@H](CCCCNC(=O)CNC(=O)[C@H](CO)CC(=O)[C@H](CO)NC(=O)CCC(=O)[C@H](CO)NC(=O)[C@H](CO)NC(=O)CC[C@H](NC(=O)CCCCCCCCCOc1ccc(C(=O)O)cc1)C(=O)O)C(=O)CN[C@@H](CCCCCC(=O)CCC(=O)[C@H](CO)NC(=O)[C@H](CO)CC(=O)CNC(=O)[C@H](CO)CC(=O)[C@H](CO)NC(=O)CC[C@H](CC(=O)CCCCCCCCCOc1ccc(C(=O)O)cc1)C(=O)O)C(=O)O. The van der Waals surface area contributed by atoms with Crippen LogP contribution in [0.3, 0.4) is 0 Å². The number of amides is 9. The van der Waals surface area contributed by atoms with Crippen LogP contribution in [0.4, 0.5) is 0 Å². The molecule has 0 aliphatic heterocycles. The van der Waals surface area contributed by atoms with Crippen LogP contribution in [0.5, 0.6) is 11.5 Å². The van der Waals surface area contributed by atoms with Crippen LogP contribution < -0.4 is 62.6 Å². The number of aliphatic hydroxyl groups is 8. The number of carbonyl (C=O) groups excluding carboxylic acids is 17. The average Bonchev–Trinajstić information content (AvgIpc) is 0.864. The van der Waals surface area contributed by atoms with Crippen LogP contribution in [-0.2, 0) is 95.9 Å². The molecular weight excluding hydrogens is 1910 g/mol. The zero-order valence-corrected chi connectivity index (χ0v) is 82.2. The number of ketones is 8. The molecule has 0 bridgehead atoms. The van der Waals surface area contributed by atoms with Crippen LogP contribution in [0.15, 0.2) is 48.5 Å². The summed E-state index contributed by atoms with van der Waals surface area (Å²) >= 11 is 0. The lowest BCUT2D eigenvalue weighted by Gasteiger charge is -2.21. The Kier molecular flexibility index (Phi) is 66.9. The summed E-state index contributed by atoms with van der Waals surface area (Å²) in [6.45, 7) is -6.63. The molecular formula is C98H148N10O37. The Morgan fingerprint density at radius 1 is 0.262 bits per heavy atom. The Balaban J connectivity index is 1.67. The number of carboxylic acid groups (broad SMARTS) is 5. The Bertz CT molecular complexity index is 4460. The predicted molar refractivity (Wildman–Crippen MR) is 514 cm³/mol. The molecule has 0 aliphatic carbocycles. The smallest absolute Gasteiger partial charge is 0.335 e. The molecule has 0 aromatic heterocycles. The number of aromatic carboxylic acids is 2. The van der Waals surface area contributed by atoms with Gasteiger partial charge in [0, 0.05) is 95.9 Å². The Morgan fingerprint density at radius 3 is 1.11 bits per heavy atom. The largest absolute Gasteiger partial charge is 0.494 e. The zero-order chi connectivity index (χ0) is 108. The first-order valence-corrected chi connectivity index (χ1v) is 49.2. The topological polar surface area (TPSA) is 777 Å². The molecule has 9 amide bonds. The number of ether oxygens (including phenoxy) is 2. The first-order valence-electron chi connectivity index (χ1n) is 49.2. The third-order valence-electron chi connectivity index (χ3n) is 23.9. The quantitative estimate of drug-likeness (QED) is 0.0389. The van der Waals surface area contributed by atoms with Crippen LogP contribution in [-0.4, -0.2) is 330 Å². The number of Topliss-reactive ketones (excluding diaryl/α,β-unsaturated/α-hetero) is 8. The summed E-state index contributed by atoms with van der Waals surface area (Å²) in [5.41, 5.74) is 0.316. The number of rotatable bonds is 89. The Labute approximate surface area is 839 Å². The molecule has 0 heterocycles. The van der Waals surface area contributed by atoms with Gasteiger partial charge in [-0.1, -0.05) is 90.4 Å². The highest BCUT2D eigenvalue weighted by Gasteiger charge is 2.35. The van der Waals surface area contributed by atoms with Gasteiger partial charge in [0.15, 0.2) is 28.9 Å². The Hall–Kier alpha value is -12.4. The van der Waals surface area contributed by atoms with Gasteiger partial charge in [-0.3, -0.25) is 96.4 Å². The summed E-state index contributed by atoms with van der Waals surface area (Å²) in [4.78, 5) is 278. The van der Waals surface area contributed by atoms with E-state index in [-0.39, 0.29) is 92.9 Å². The average molecular weight is 2060 g/mol. The summed E-state index contributed by atoms with van der Waals surface area (Å²) in [7, 11) is 0. The van der Waals surface area contributed by atoms with Crippen LogP contribution in [0.2, 0.25) is 0 Å². The normalized spacial score (nSPS) is 13.6. The number of hydrogen-bond acceptors (Lipinski definition) is 33. The van der Waals surface area contributed by atoms with E-state index in [9.17, 15) is 162 Å². The first kappa shape index (κ1) is 129. The third kappa shape index (κ3) is 56.1. The molecule has 145 heavy (non-hydrogen) atoms. The van der Waals surface area contributed by atoms with E-state index in [0.717, 1.165) is 70.6 Å². The van der Waals surface area contributed by atoms with Crippen molar-refractivity contribution in [2.75, 3.05) is 92.2 Å². The summed E-state index contributed by atoms with van der Waals surface area (Å²) in [6, 6.07) is 1.36. The minimum atomic E-state index is -1.71. The molecule has 47 nitrogen and oxygen atoms in total. The molecule has 0 unspecified atom stereocenters. The third-order valence-corrected chi connectivity index (χ3v) is 23.9. The van der Waals surface area contributed by atoms with Gasteiger partial charge >= 0.3 is 29.8 Å². The molecule has 2 aromatic carbocycles. The lowest BCUT2D eigenvalue weighted by molar-refractivity contribution is -0.144. The van der Waals surface area contributed by atoms with Crippen LogP contribution in [0.1, 0.15) is 265 Å². The van der Waals surface area contributed by atoms with Crippen molar-refractivity contribution in [3.63, 3.8) is 0 Å². The molecule has 2 aromatic rings. The van der Waals surface area contributed by atoms with Crippen molar-refractivity contribution in [3.05, 3.63) is 59.7 Å². The molecule has 23 N–H and O–H groups in total. The van der Waals surface area contributed by atoms with E-state index in [1.807, 2.05) is 0 Å². The van der Waals surface area contributed by atoms with Crippen molar-refractivity contribution < 1.29 is 181 Å². The van der Waals surface area contributed by atoms with E-state index in [1.54, 1.807) is 31.2 Å². The zero-order valence-electron chi connectivity index (χ0n) is 82.2. The van der Waals surface area contributed by atoms with Gasteiger partial charge in [0.25, 0.3) is 0 Å². The molecule has 0 saturated carbocycles. The molecule has 0 aliphatic rings. The van der Waals surface area contributed by atoms with E-state index in [4.69, 9.17) is 19.7 Å². The second-order valence-electron chi connectivity index (χ2n) is 35.4. The van der Waals surface area contributed by atoms with Crippen molar-refractivity contribution in [3.8, 4) is 11.5 Å². The van der Waals surface area contributed by atoms with Gasteiger partial charge in [0.05, 0.1) is 121 Å². The minimum Gasteiger partial charge on any atom is -0.494 e. The van der Waals surface area contributed by atoms with Crippen molar-refractivity contribution in [2.24, 2.45) is 29.6 Å². The van der Waals surface area contributed by atoms with Gasteiger partial charge in [-0.2, -0.15) is 0 Å². The summed E-state index contributed by atoms with van der Waals surface area (Å²) in [5.74, 6) is -24.7. The number of aliphatic carboxylic acids is 3. The highest BCUT2D eigenvalue weighted by atomic mass is 16.5. The van der Waals surface area contributed by atoms with Gasteiger partial charge in [0.1, 0.15) is 71.1 Å². The van der Waals surface area contributed by atoms with Gasteiger partial charge in [0.2, 0.25) is 53.2 Å². The fourth-order valence-corrected chi connectivity index (χ4v) is 15.0. The molecule has 0 radical (unpaired) electrons. The van der Waals surface area contributed by atoms with Gasteiger partial charge in [-0.15, -0.1) is 0 Å². The Morgan fingerprint density at radius 2 is 0.648 bits per heavy atom. The summed E-state index contributed by atoms with van der Waals surface area (Å²) < 4.78 is 11.3. The van der Waals surface area contributed by atoms with Gasteiger partial charge < -0.3 is 124 Å². The molecule has 812 valence electrons. The fourth-order valence-electron chi connectivity index (χ4n) is 15.0. The number of carboxylic acids is 5. The number of nitrogens with one attached hydrogen (secondary N) is 10. The molecule has 12 atom stereocenters. The van der Waals surface area contributed by atoms with E-state index in [2.05, 4.69) is 53.2 Å². The number of hydrogen-bond donors (Lipinski definition) is 23. The first-order chi connectivity index (χ1) is 69.2. The van der Waals surface area contributed by atoms with E-state index < -0.39 is 308 Å². The molecule has 0 saturated heterocycles. The summed E-state index contributed by atoms with van der Waals surface area (Å²) in [5, 5.41) is 150. The van der Waals surface area contributed by atoms with Crippen molar-refractivity contribution >= 4 is 129 Å². The van der Waals surface area contributed by atoms with Crippen LogP contribution in [0, 0.1) is 29.6 Å².